The van der Waals surface area contributed by atoms with Crippen LogP contribution in [0.25, 0.3) is 0 Å². The molecule has 0 bridgehead atoms. The van der Waals surface area contributed by atoms with Crippen LogP contribution < -0.4 is 0 Å². The molecule has 0 spiro atoms. The smallest absolute Gasteiger partial charge is 0.222 e. The number of rotatable bonds is 5. The minimum atomic E-state index is 0.132. The van der Waals surface area contributed by atoms with Gasteiger partial charge in [-0.1, -0.05) is 12.7 Å². The van der Waals surface area contributed by atoms with Crippen molar-refractivity contribution in [2.75, 3.05) is 21.2 Å². The summed E-state index contributed by atoms with van der Waals surface area (Å²) in [5, 5.41) is 0. The molecule has 0 aromatic heterocycles. The van der Waals surface area contributed by atoms with E-state index in [1.807, 2.05) is 6.08 Å². The Balaban J connectivity index is 3.62. The van der Waals surface area contributed by atoms with Gasteiger partial charge in [-0.3, -0.25) is 4.79 Å². The molecule has 3 heteroatoms. The molecule has 0 aliphatic rings. The maximum absolute atomic E-state index is 11.1. The Bertz CT molecular complexity index is 207. The van der Waals surface area contributed by atoms with Crippen LogP contribution in [0.4, 0.5) is 0 Å². The van der Waals surface area contributed by atoms with E-state index in [2.05, 4.69) is 6.58 Å². The quantitative estimate of drug-likeness (QED) is 0.478. The van der Waals surface area contributed by atoms with Gasteiger partial charge in [-0.25, -0.2) is 0 Å². The van der Waals surface area contributed by atoms with Gasteiger partial charge in [0.05, 0.1) is 7.11 Å². The zero-order valence-electron chi connectivity index (χ0n) is 8.54. The molecule has 13 heavy (non-hydrogen) atoms. The average molecular weight is 183 g/mol. The number of hydrogen-bond acceptors (Lipinski definition) is 2. The Morgan fingerprint density at radius 3 is 2.62 bits per heavy atom. The first kappa shape index (κ1) is 11.8. The minimum Gasteiger partial charge on any atom is -0.497 e. The third kappa shape index (κ3) is 5.96. The van der Waals surface area contributed by atoms with Crippen molar-refractivity contribution in [3.8, 4) is 0 Å². The molecule has 0 N–H and O–H groups in total. The van der Waals surface area contributed by atoms with Crippen LogP contribution in [-0.2, 0) is 9.53 Å². The van der Waals surface area contributed by atoms with Crippen molar-refractivity contribution < 1.29 is 9.53 Å². The van der Waals surface area contributed by atoms with E-state index in [-0.39, 0.29) is 5.91 Å². The number of carbonyl (C=O) groups excluding carboxylic acids is 1. The molecule has 0 radical (unpaired) electrons. The van der Waals surface area contributed by atoms with Gasteiger partial charge in [0.1, 0.15) is 5.76 Å². The van der Waals surface area contributed by atoms with Gasteiger partial charge in [-0.2, -0.15) is 0 Å². The normalized spacial score (nSPS) is 10.1. The second kappa shape index (κ2) is 6.29. The van der Waals surface area contributed by atoms with Crippen molar-refractivity contribution in [3.63, 3.8) is 0 Å². The molecule has 0 aliphatic heterocycles. The molecular formula is C10H17NO2. The number of allylic oxidation sites excluding steroid dienone is 2. The first-order valence-corrected chi connectivity index (χ1v) is 4.17. The van der Waals surface area contributed by atoms with Crippen LogP contribution in [0.5, 0.6) is 0 Å². The number of nitrogens with zero attached hydrogens (tertiary/aromatic N) is 1. The monoisotopic (exact) mass is 183 g/mol. The van der Waals surface area contributed by atoms with E-state index in [4.69, 9.17) is 4.74 Å². The third-order valence-electron chi connectivity index (χ3n) is 1.59. The molecule has 1 amide bonds. The summed E-state index contributed by atoms with van der Waals surface area (Å²) in [6.07, 6.45) is 4.90. The highest BCUT2D eigenvalue weighted by atomic mass is 16.5. The summed E-state index contributed by atoms with van der Waals surface area (Å²) in [4.78, 5) is 12.7. The summed E-state index contributed by atoms with van der Waals surface area (Å²) in [5.41, 5.74) is 0. The van der Waals surface area contributed by atoms with Gasteiger partial charge in [-0.05, 0) is 12.5 Å². The SMILES string of the molecule is C=C(/C=C/CCC(=O)N(C)C)OC. The molecule has 3 nitrogen and oxygen atoms in total. The molecule has 0 fully saturated rings. The fourth-order valence-electron chi connectivity index (χ4n) is 0.713. The lowest BCUT2D eigenvalue weighted by atomic mass is 10.2. The standard InChI is InChI=1S/C10H17NO2/c1-9(13-4)7-5-6-8-10(12)11(2)3/h5,7H,1,6,8H2,2-4H3/b7-5+. The van der Waals surface area contributed by atoms with E-state index in [1.165, 1.54) is 0 Å². The Hall–Kier alpha value is -1.25. The van der Waals surface area contributed by atoms with Crippen molar-refractivity contribution in [1.82, 2.24) is 4.90 Å². The Morgan fingerprint density at radius 1 is 1.54 bits per heavy atom. The van der Waals surface area contributed by atoms with Gasteiger partial charge in [-0.15, -0.1) is 0 Å². The largest absolute Gasteiger partial charge is 0.497 e. The highest BCUT2D eigenvalue weighted by Crippen LogP contribution is 1.98. The summed E-state index contributed by atoms with van der Waals surface area (Å²) in [6.45, 7) is 3.62. The Morgan fingerprint density at radius 2 is 2.15 bits per heavy atom. The van der Waals surface area contributed by atoms with Crippen LogP contribution in [0.15, 0.2) is 24.5 Å². The summed E-state index contributed by atoms with van der Waals surface area (Å²) >= 11 is 0. The molecule has 0 aliphatic carbocycles. The lowest BCUT2D eigenvalue weighted by molar-refractivity contribution is -0.128. The van der Waals surface area contributed by atoms with Crippen molar-refractivity contribution in [3.05, 3.63) is 24.5 Å². The van der Waals surface area contributed by atoms with Gasteiger partial charge in [0.15, 0.2) is 0 Å². The molecule has 0 saturated carbocycles. The van der Waals surface area contributed by atoms with Crippen LogP contribution in [0.1, 0.15) is 12.8 Å². The molecule has 0 rings (SSSR count). The summed E-state index contributed by atoms with van der Waals surface area (Å²) in [6, 6.07) is 0. The maximum Gasteiger partial charge on any atom is 0.222 e. The van der Waals surface area contributed by atoms with Crippen molar-refractivity contribution in [1.29, 1.82) is 0 Å². The number of methoxy groups -OCH3 is 1. The van der Waals surface area contributed by atoms with E-state index in [9.17, 15) is 4.79 Å². The average Bonchev–Trinajstić information content (AvgIpc) is 2.11. The molecular weight excluding hydrogens is 166 g/mol. The van der Waals surface area contributed by atoms with Crippen molar-refractivity contribution in [2.45, 2.75) is 12.8 Å². The second-order valence-corrected chi connectivity index (χ2v) is 2.90. The molecule has 74 valence electrons. The summed E-state index contributed by atoms with van der Waals surface area (Å²) in [5.74, 6) is 0.741. The van der Waals surface area contributed by atoms with Gasteiger partial charge in [0.2, 0.25) is 5.91 Å². The van der Waals surface area contributed by atoms with Gasteiger partial charge in [0.25, 0.3) is 0 Å². The van der Waals surface area contributed by atoms with Gasteiger partial charge >= 0.3 is 0 Å². The predicted octanol–water partition coefficient (Wildman–Crippen LogP) is 1.57. The van der Waals surface area contributed by atoms with Gasteiger partial charge in [0, 0.05) is 20.5 Å². The van der Waals surface area contributed by atoms with E-state index >= 15 is 0 Å². The van der Waals surface area contributed by atoms with Gasteiger partial charge < -0.3 is 9.64 Å². The molecule has 0 atom stereocenters. The molecule has 0 saturated heterocycles. The van der Waals surface area contributed by atoms with E-state index in [0.29, 0.717) is 12.2 Å². The fourth-order valence-corrected chi connectivity index (χ4v) is 0.713. The first-order valence-electron chi connectivity index (χ1n) is 4.17. The lowest BCUT2D eigenvalue weighted by Crippen LogP contribution is -2.20. The number of ether oxygens (including phenoxy) is 1. The van der Waals surface area contributed by atoms with Crippen LogP contribution in [0.2, 0.25) is 0 Å². The first-order chi connectivity index (χ1) is 6.07. The summed E-state index contributed by atoms with van der Waals surface area (Å²) < 4.78 is 4.83. The van der Waals surface area contributed by atoms with E-state index in [1.54, 1.807) is 32.2 Å². The van der Waals surface area contributed by atoms with Crippen LogP contribution in [0, 0.1) is 0 Å². The molecule has 0 aromatic rings. The third-order valence-corrected chi connectivity index (χ3v) is 1.59. The molecule has 0 heterocycles. The second-order valence-electron chi connectivity index (χ2n) is 2.90. The highest BCUT2D eigenvalue weighted by Gasteiger charge is 2.00. The zero-order chi connectivity index (χ0) is 10.3. The highest BCUT2D eigenvalue weighted by molar-refractivity contribution is 5.75. The lowest BCUT2D eigenvalue weighted by Gasteiger charge is -2.08. The molecule has 0 unspecified atom stereocenters. The van der Waals surface area contributed by atoms with E-state index in [0.717, 1.165) is 6.42 Å². The fraction of sp³-hybridized carbons (Fsp3) is 0.500. The Labute approximate surface area is 79.7 Å². The number of carbonyl (C=O) groups is 1. The predicted molar refractivity (Wildman–Crippen MR) is 53.2 cm³/mol. The van der Waals surface area contributed by atoms with E-state index < -0.39 is 0 Å². The minimum absolute atomic E-state index is 0.132. The van der Waals surface area contributed by atoms with Crippen LogP contribution in [0.3, 0.4) is 0 Å². The number of amides is 1. The summed E-state index contributed by atoms with van der Waals surface area (Å²) in [7, 11) is 5.07. The maximum atomic E-state index is 11.1. The van der Waals surface area contributed by atoms with Crippen LogP contribution in [-0.4, -0.2) is 32.0 Å². The van der Waals surface area contributed by atoms with Crippen molar-refractivity contribution in [2.24, 2.45) is 0 Å². The topological polar surface area (TPSA) is 29.5 Å². The Kier molecular flexibility index (Phi) is 5.68. The van der Waals surface area contributed by atoms with Crippen molar-refractivity contribution >= 4 is 5.91 Å². The molecule has 0 aromatic carbocycles. The number of hydrogen-bond donors (Lipinski definition) is 0. The zero-order valence-corrected chi connectivity index (χ0v) is 8.54. The van der Waals surface area contributed by atoms with Crippen LogP contribution >= 0.6 is 0 Å².